The summed E-state index contributed by atoms with van der Waals surface area (Å²) in [6.07, 6.45) is 5.20. The Morgan fingerprint density at radius 1 is 1.62 bits per heavy atom. The highest BCUT2D eigenvalue weighted by Gasteiger charge is 2.09. The Bertz CT molecular complexity index is 329. The van der Waals surface area contributed by atoms with E-state index in [4.69, 9.17) is 5.11 Å². The summed E-state index contributed by atoms with van der Waals surface area (Å²) in [5.74, 6) is 0.829. The molecular weight excluding hydrogens is 170 g/mol. The van der Waals surface area contributed by atoms with Gasteiger partial charge >= 0.3 is 0 Å². The van der Waals surface area contributed by atoms with Gasteiger partial charge in [0.15, 0.2) is 5.84 Å². The molecule has 0 aromatic carbocycles. The quantitative estimate of drug-likeness (QED) is 0.606. The highest BCUT2D eigenvalue weighted by atomic mass is 16.3. The van der Waals surface area contributed by atoms with E-state index >= 15 is 0 Å². The van der Waals surface area contributed by atoms with Gasteiger partial charge in [0.2, 0.25) is 0 Å². The number of aromatic nitrogens is 4. The van der Waals surface area contributed by atoms with E-state index < -0.39 is 0 Å². The van der Waals surface area contributed by atoms with Gasteiger partial charge in [-0.15, -0.1) is 5.10 Å². The highest BCUT2D eigenvalue weighted by molar-refractivity contribution is 5.94. The molecule has 1 unspecified atom stereocenters. The summed E-state index contributed by atoms with van der Waals surface area (Å²) in [7, 11) is 0. The van der Waals surface area contributed by atoms with Crippen molar-refractivity contribution in [2.24, 2.45) is 10.9 Å². The van der Waals surface area contributed by atoms with Gasteiger partial charge in [0.1, 0.15) is 6.33 Å². The SMILES string of the molecule is OCC1C=CC(n2cnnn2)=NC1. The number of aliphatic hydroxyl groups is 1. The smallest absolute Gasteiger partial charge is 0.152 e. The van der Waals surface area contributed by atoms with Crippen LogP contribution in [0.25, 0.3) is 0 Å². The Balaban J connectivity index is 2.13. The molecule has 0 saturated heterocycles. The van der Waals surface area contributed by atoms with E-state index in [-0.39, 0.29) is 12.5 Å². The maximum atomic E-state index is 8.84. The van der Waals surface area contributed by atoms with Crippen molar-refractivity contribution in [2.75, 3.05) is 13.2 Å². The number of aliphatic imine (C=N–C) groups is 1. The minimum Gasteiger partial charge on any atom is -0.396 e. The molecule has 1 aliphatic heterocycles. The van der Waals surface area contributed by atoms with Crippen LogP contribution in [-0.2, 0) is 0 Å². The Labute approximate surface area is 74.6 Å². The molecule has 68 valence electrons. The van der Waals surface area contributed by atoms with E-state index in [2.05, 4.69) is 20.5 Å². The van der Waals surface area contributed by atoms with Crippen molar-refractivity contribution in [3.8, 4) is 0 Å². The van der Waals surface area contributed by atoms with Gasteiger partial charge in [0.25, 0.3) is 0 Å². The number of allylic oxidation sites excluding steroid dienone is 1. The first-order valence-electron chi connectivity index (χ1n) is 3.97. The molecule has 6 heteroatoms. The van der Waals surface area contributed by atoms with Crippen molar-refractivity contribution in [3.05, 3.63) is 18.5 Å². The van der Waals surface area contributed by atoms with Gasteiger partial charge < -0.3 is 5.11 Å². The molecule has 0 saturated carbocycles. The molecule has 13 heavy (non-hydrogen) atoms. The van der Waals surface area contributed by atoms with Crippen molar-refractivity contribution >= 4 is 5.84 Å². The molecule has 0 radical (unpaired) electrons. The molecule has 1 atom stereocenters. The average molecular weight is 179 g/mol. The largest absolute Gasteiger partial charge is 0.396 e. The summed E-state index contributed by atoms with van der Waals surface area (Å²) in [6.45, 7) is 0.713. The molecule has 0 fully saturated rings. The van der Waals surface area contributed by atoms with Crippen LogP contribution >= 0.6 is 0 Å². The molecule has 1 aromatic heterocycles. The number of nitrogens with zero attached hydrogens (tertiary/aromatic N) is 5. The Morgan fingerprint density at radius 2 is 2.54 bits per heavy atom. The highest BCUT2D eigenvalue weighted by Crippen LogP contribution is 2.05. The second kappa shape index (κ2) is 3.44. The van der Waals surface area contributed by atoms with E-state index in [9.17, 15) is 0 Å². The number of dihydropyridines is 1. The van der Waals surface area contributed by atoms with Gasteiger partial charge in [-0.3, -0.25) is 4.99 Å². The lowest BCUT2D eigenvalue weighted by atomic mass is 10.1. The van der Waals surface area contributed by atoms with Crippen LogP contribution in [0.2, 0.25) is 0 Å². The van der Waals surface area contributed by atoms with E-state index in [1.54, 1.807) is 6.08 Å². The van der Waals surface area contributed by atoms with Crippen molar-refractivity contribution in [1.29, 1.82) is 0 Å². The van der Waals surface area contributed by atoms with Gasteiger partial charge in [-0.1, -0.05) is 6.08 Å². The van der Waals surface area contributed by atoms with Gasteiger partial charge in [0.05, 0.1) is 6.61 Å². The number of hydrogen-bond acceptors (Lipinski definition) is 5. The van der Waals surface area contributed by atoms with Gasteiger partial charge in [-0.05, 0) is 16.5 Å². The lowest BCUT2D eigenvalue weighted by Crippen LogP contribution is -2.19. The Kier molecular flexibility index (Phi) is 2.13. The normalized spacial score (nSPS) is 21.6. The van der Waals surface area contributed by atoms with Gasteiger partial charge in [-0.2, -0.15) is 4.68 Å². The van der Waals surface area contributed by atoms with E-state index in [1.807, 2.05) is 6.08 Å². The second-order valence-corrected chi connectivity index (χ2v) is 2.76. The average Bonchev–Trinajstić information content (AvgIpc) is 2.71. The first kappa shape index (κ1) is 8.06. The van der Waals surface area contributed by atoms with Crippen molar-refractivity contribution in [1.82, 2.24) is 20.2 Å². The summed E-state index contributed by atoms with van der Waals surface area (Å²) in [4.78, 5) is 4.21. The third-order valence-electron chi connectivity index (χ3n) is 1.82. The van der Waals surface area contributed by atoms with Gasteiger partial charge in [-0.25, -0.2) is 0 Å². The summed E-state index contributed by atoms with van der Waals surface area (Å²) in [5, 5.41) is 19.6. The standard InChI is InChI=1S/C7H9N5O/c13-4-6-1-2-7(8-3-6)12-5-9-10-11-12/h1-2,5-6,13H,3-4H2. The Morgan fingerprint density at radius 3 is 3.08 bits per heavy atom. The fourth-order valence-corrected chi connectivity index (χ4v) is 1.08. The van der Waals surface area contributed by atoms with Crippen LogP contribution in [-0.4, -0.2) is 44.3 Å². The third kappa shape index (κ3) is 1.62. The molecule has 0 amide bonds. The molecule has 1 N–H and O–H groups in total. The molecule has 0 aliphatic carbocycles. The van der Waals surface area contributed by atoms with Crippen LogP contribution in [0.5, 0.6) is 0 Å². The predicted octanol–water partition coefficient (Wildman–Crippen LogP) is -0.902. The molecule has 6 nitrogen and oxygen atoms in total. The predicted molar refractivity (Wildman–Crippen MR) is 45.2 cm³/mol. The monoisotopic (exact) mass is 179 g/mol. The van der Waals surface area contributed by atoms with Crippen molar-refractivity contribution in [3.63, 3.8) is 0 Å². The van der Waals surface area contributed by atoms with Crippen LogP contribution < -0.4 is 0 Å². The minimum absolute atomic E-state index is 0.125. The lowest BCUT2D eigenvalue weighted by Gasteiger charge is -2.11. The van der Waals surface area contributed by atoms with Crippen LogP contribution in [0.15, 0.2) is 23.5 Å². The number of hydrogen-bond donors (Lipinski definition) is 1. The lowest BCUT2D eigenvalue weighted by molar-refractivity contribution is 0.255. The molecule has 0 spiro atoms. The number of rotatable bonds is 1. The molecule has 2 heterocycles. The summed E-state index contributed by atoms with van der Waals surface area (Å²) in [6, 6.07) is 0. The van der Waals surface area contributed by atoms with Crippen LogP contribution in [0, 0.1) is 5.92 Å². The molecule has 1 aromatic rings. The zero-order valence-corrected chi connectivity index (χ0v) is 6.91. The van der Waals surface area contributed by atoms with Crippen molar-refractivity contribution in [2.45, 2.75) is 0 Å². The molecule has 0 bridgehead atoms. The van der Waals surface area contributed by atoms with E-state index in [1.165, 1.54) is 11.0 Å². The number of aliphatic hydroxyl groups excluding tert-OH is 1. The van der Waals surface area contributed by atoms with Gasteiger partial charge in [0, 0.05) is 12.5 Å². The fourth-order valence-electron chi connectivity index (χ4n) is 1.08. The second-order valence-electron chi connectivity index (χ2n) is 2.76. The van der Waals surface area contributed by atoms with Crippen molar-refractivity contribution < 1.29 is 5.11 Å². The van der Waals surface area contributed by atoms with Crippen LogP contribution in [0.4, 0.5) is 0 Å². The molecular formula is C7H9N5O. The summed E-state index contributed by atoms with van der Waals surface area (Å²) < 4.78 is 1.49. The van der Waals surface area contributed by atoms with Crippen LogP contribution in [0.1, 0.15) is 0 Å². The summed E-state index contributed by atoms with van der Waals surface area (Å²) >= 11 is 0. The maximum absolute atomic E-state index is 8.84. The first-order chi connectivity index (χ1) is 6.40. The molecule has 1 aliphatic rings. The number of tetrazole rings is 1. The van der Waals surface area contributed by atoms with E-state index in [0.717, 1.165) is 0 Å². The Hall–Kier alpha value is -1.56. The molecule has 2 rings (SSSR count). The zero-order chi connectivity index (χ0) is 9.10. The maximum Gasteiger partial charge on any atom is 0.152 e. The third-order valence-corrected chi connectivity index (χ3v) is 1.82. The summed E-state index contributed by atoms with van der Waals surface area (Å²) in [5.41, 5.74) is 0. The zero-order valence-electron chi connectivity index (χ0n) is 6.91. The topological polar surface area (TPSA) is 76.2 Å². The fraction of sp³-hybridized carbons (Fsp3) is 0.429. The van der Waals surface area contributed by atoms with E-state index in [0.29, 0.717) is 12.4 Å². The minimum atomic E-state index is 0.125. The first-order valence-corrected chi connectivity index (χ1v) is 3.97. The van der Waals surface area contributed by atoms with Crippen LogP contribution in [0.3, 0.4) is 0 Å².